The average molecular weight is 1930 g/mol. The maximum Gasteiger partial charge on any atom is 0.164 e. The molecule has 150 heavy (non-hydrogen) atoms. The lowest BCUT2D eigenvalue weighted by molar-refractivity contribution is 0.353. The summed E-state index contributed by atoms with van der Waals surface area (Å²) in [5.74, 6) is 5.96. The number of fused-ring (bicyclic) bond motifs is 15. The number of rotatable bonds is 16. The van der Waals surface area contributed by atoms with E-state index in [-0.39, 0.29) is 16.2 Å². The zero-order valence-corrected chi connectivity index (χ0v) is 83.7. The van der Waals surface area contributed by atoms with Crippen molar-refractivity contribution in [3.05, 3.63) is 513 Å². The zero-order valence-electron chi connectivity index (χ0n) is 83.7. The molecule has 0 aliphatic heterocycles. The van der Waals surface area contributed by atoms with Crippen molar-refractivity contribution in [1.82, 2.24) is 44.9 Å². The molecule has 9 nitrogen and oxygen atoms in total. The molecule has 718 valence electrons. The summed E-state index contributed by atoms with van der Waals surface area (Å²) in [6.45, 7) is 0. The van der Waals surface area contributed by atoms with Crippen molar-refractivity contribution in [3.63, 3.8) is 0 Å². The van der Waals surface area contributed by atoms with Gasteiger partial charge in [-0.15, -0.1) is 0 Å². The zero-order chi connectivity index (χ0) is 99.7. The van der Waals surface area contributed by atoms with Crippen LogP contribution in [0.4, 0.5) is 0 Å². The summed E-state index contributed by atoms with van der Waals surface area (Å²) >= 11 is 0. The van der Waals surface area contributed by atoms with Gasteiger partial charge in [-0.2, -0.15) is 0 Å². The van der Waals surface area contributed by atoms with E-state index in [0.29, 0.717) is 52.4 Å². The van der Waals surface area contributed by atoms with Gasteiger partial charge in [0.15, 0.2) is 52.4 Å². The lowest BCUT2D eigenvalue weighted by Gasteiger charge is -2.36. The first kappa shape index (κ1) is 92.1. The molecule has 28 rings (SSSR count). The highest BCUT2D eigenvalue weighted by atomic mass is 15.1. The van der Waals surface area contributed by atoms with Crippen molar-refractivity contribution in [2.75, 3.05) is 0 Å². The summed E-state index contributed by atoms with van der Waals surface area (Å²) in [6, 6.07) is 171. The molecule has 0 N–H and O–H groups in total. The summed E-state index contributed by atoms with van der Waals surface area (Å²) in [7, 11) is 0. The van der Waals surface area contributed by atoms with Crippen molar-refractivity contribution in [2.45, 2.75) is 113 Å². The van der Waals surface area contributed by atoms with Crippen molar-refractivity contribution in [2.24, 2.45) is 0 Å². The topological polar surface area (TPSA) is 116 Å². The molecule has 0 unspecified atom stereocenters. The van der Waals surface area contributed by atoms with Crippen molar-refractivity contribution in [3.8, 4) is 214 Å². The monoisotopic (exact) mass is 1930 g/mol. The molecule has 9 heteroatoms. The molecule has 22 aromatic rings. The van der Waals surface area contributed by atoms with Gasteiger partial charge in [0, 0.05) is 66.3 Å². The first-order valence-electron chi connectivity index (χ1n) is 53.3. The molecule has 6 aliphatic rings. The molecule has 0 atom stereocenters. The minimum Gasteiger partial charge on any atom is -0.208 e. The standard InChI is InChI=1S/C51H39N3.2C45H35N3/c1-4-12-35(13-5-1)36-22-26-41(27-23-36)49-52-48(40-14-6-2-7-15-40)53-50(54-49)42-28-24-38(25-29-42)37-18-20-39(21-19-37)43-30-31-47-45(34-43)44-16-8-9-17-46(44)51(47)32-10-3-11-33-51;1-4-13-31(14-5-1)32-21-23-34(24-22-32)43-46-42(33-15-6-2-7-16-33)47-44(48-43)37-18-12-17-35(29-37)36-25-26-41-39(30-36)38-19-8-9-20-40(38)45(41)27-10-3-11-28-45;1-4-12-31(13-5-1)32-18-22-35(23-19-32)43-46-42(34-14-6-2-7-15-34)47-44(48-43)36-24-20-33(21-25-36)37-26-27-41-39(30-37)38-16-8-9-17-40(38)45(41)28-10-3-11-29-45/h1-2,4-9,12-31,34H,3,10-11,32-33H2;1-2,4-9,12-26,29-30H,3,10-11,27-28H2;1-2,4-9,12-27,30H,3,10-11,28-29H2. The SMILES string of the molecule is c1ccc(-c2ccc(-c3nc(-c4ccccc4)nc(-c4ccc(-c5ccc(-c6ccc7c(c6)-c6ccccc6C76CCCCC6)cc5)cc4)n3)cc2)cc1.c1ccc(-c2ccc(-c3nc(-c4ccccc4)nc(-c4ccc(-c5ccc6c(c5)-c5ccccc5C65CCCCC5)cc4)n3)cc2)cc1.c1ccc(-c2ccc(-c3nc(-c4ccccc4)nc(-c4cccc(-c5ccc6c(c5)-c5ccccc5C65CCCCC5)c4)n3)cc2)cc1. The molecule has 0 bridgehead atoms. The third kappa shape index (κ3) is 17.7. The highest BCUT2D eigenvalue weighted by Crippen LogP contribution is 2.60. The maximum absolute atomic E-state index is 5.06. The number of aromatic nitrogens is 9. The normalized spacial score (nSPS) is 14.3. The molecule has 3 saturated carbocycles. The Bertz CT molecular complexity index is 8690. The van der Waals surface area contributed by atoms with Crippen LogP contribution < -0.4 is 0 Å². The van der Waals surface area contributed by atoms with Gasteiger partial charge in [-0.25, -0.2) is 44.9 Å². The molecule has 0 saturated heterocycles. The van der Waals surface area contributed by atoms with Crippen molar-refractivity contribution < 1.29 is 0 Å². The molecule has 3 aromatic heterocycles. The Labute approximate surface area is 877 Å². The van der Waals surface area contributed by atoms with E-state index >= 15 is 0 Å². The molecule has 6 aliphatic carbocycles. The Hall–Kier alpha value is -17.8. The van der Waals surface area contributed by atoms with Gasteiger partial charge in [-0.05, 0) is 207 Å². The Balaban J connectivity index is 0.000000114. The fourth-order valence-corrected chi connectivity index (χ4v) is 24.7. The fraction of sp³-hybridized carbons (Fsp3) is 0.128. The lowest BCUT2D eigenvalue weighted by atomic mass is 9.68. The van der Waals surface area contributed by atoms with Crippen LogP contribution in [0.3, 0.4) is 0 Å². The summed E-state index contributed by atoms with van der Waals surface area (Å²) in [6.07, 6.45) is 19.4. The molecule has 3 spiro atoms. The van der Waals surface area contributed by atoms with Crippen LogP contribution in [-0.4, -0.2) is 44.9 Å². The van der Waals surface area contributed by atoms with E-state index in [1.54, 1.807) is 0 Å². The highest BCUT2D eigenvalue weighted by Gasteiger charge is 2.47. The van der Waals surface area contributed by atoms with Gasteiger partial charge in [0.2, 0.25) is 0 Å². The predicted molar refractivity (Wildman–Crippen MR) is 614 cm³/mol. The van der Waals surface area contributed by atoms with E-state index in [1.165, 1.54) is 213 Å². The van der Waals surface area contributed by atoms with E-state index < -0.39 is 0 Å². The van der Waals surface area contributed by atoms with Crippen LogP contribution in [0.5, 0.6) is 0 Å². The Morgan fingerprint density at radius 3 is 0.507 bits per heavy atom. The van der Waals surface area contributed by atoms with Gasteiger partial charge in [0.25, 0.3) is 0 Å². The number of hydrogen-bond donors (Lipinski definition) is 0. The Morgan fingerprint density at radius 1 is 0.107 bits per heavy atom. The number of hydrogen-bond acceptors (Lipinski definition) is 9. The first-order chi connectivity index (χ1) is 74.2. The van der Waals surface area contributed by atoms with Crippen LogP contribution >= 0.6 is 0 Å². The fourth-order valence-electron chi connectivity index (χ4n) is 24.7. The van der Waals surface area contributed by atoms with Crippen LogP contribution in [0.25, 0.3) is 214 Å². The Morgan fingerprint density at radius 2 is 0.260 bits per heavy atom. The van der Waals surface area contributed by atoms with Crippen LogP contribution in [0, 0.1) is 0 Å². The van der Waals surface area contributed by atoms with E-state index in [2.05, 4.69) is 382 Å². The molecule has 19 aromatic carbocycles. The first-order valence-corrected chi connectivity index (χ1v) is 53.3. The summed E-state index contributed by atoms with van der Waals surface area (Å²) < 4.78 is 0. The third-order valence-electron chi connectivity index (χ3n) is 32.3. The minimum atomic E-state index is 0.166. The molecule has 0 radical (unpaired) electrons. The van der Waals surface area contributed by atoms with E-state index in [1.807, 2.05) is 97.1 Å². The number of nitrogens with zero attached hydrogens (tertiary/aromatic N) is 9. The van der Waals surface area contributed by atoms with E-state index in [0.717, 1.165) is 77.9 Å². The second-order valence-corrected chi connectivity index (χ2v) is 41.0. The van der Waals surface area contributed by atoms with Gasteiger partial charge >= 0.3 is 0 Å². The van der Waals surface area contributed by atoms with Gasteiger partial charge in [-0.3, -0.25) is 0 Å². The van der Waals surface area contributed by atoms with E-state index in [4.69, 9.17) is 44.9 Å². The lowest BCUT2D eigenvalue weighted by Crippen LogP contribution is -2.27. The summed E-state index contributed by atoms with van der Waals surface area (Å²) in [5.41, 5.74) is 43.5. The molecule has 3 heterocycles. The van der Waals surface area contributed by atoms with Crippen LogP contribution in [0.15, 0.2) is 479 Å². The van der Waals surface area contributed by atoms with Crippen LogP contribution in [-0.2, 0) is 16.2 Å². The quantitative estimate of drug-likeness (QED) is 0.0932. The smallest absolute Gasteiger partial charge is 0.164 e. The summed E-state index contributed by atoms with van der Waals surface area (Å²) in [4.78, 5) is 44.8. The van der Waals surface area contributed by atoms with Crippen LogP contribution in [0.1, 0.15) is 130 Å². The van der Waals surface area contributed by atoms with Gasteiger partial charge < -0.3 is 0 Å². The van der Waals surface area contributed by atoms with Gasteiger partial charge in [-0.1, -0.05) is 513 Å². The average Bonchev–Trinajstić information content (AvgIpc) is 1.57. The van der Waals surface area contributed by atoms with Crippen molar-refractivity contribution >= 4 is 0 Å². The summed E-state index contributed by atoms with van der Waals surface area (Å²) in [5, 5.41) is 0. The molecule has 3 fully saturated rings. The number of benzene rings is 19. The largest absolute Gasteiger partial charge is 0.208 e. The van der Waals surface area contributed by atoms with Gasteiger partial charge in [0.1, 0.15) is 0 Å². The van der Waals surface area contributed by atoms with Crippen LogP contribution in [0.2, 0.25) is 0 Å². The second-order valence-electron chi connectivity index (χ2n) is 41.0. The second kappa shape index (κ2) is 40.2. The highest BCUT2D eigenvalue weighted by molar-refractivity contribution is 5.90. The van der Waals surface area contributed by atoms with Crippen molar-refractivity contribution in [1.29, 1.82) is 0 Å². The maximum atomic E-state index is 5.06. The predicted octanol–water partition coefficient (Wildman–Crippen LogP) is 36.0. The molecule has 0 amide bonds. The Kier molecular flexibility index (Phi) is 24.7. The molecular formula is C141H109N9. The van der Waals surface area contributed by atoms with Gasteiger partial charge in [0.05, 0.1) is 0 Å². The molecular weight excluding hydrogens is 1820 g/mol. The third-order valence-corrected chi connectivity index (χ3v) is 32.3. The van der Waals surface area contributed by atoms with E-state index in [9.17, 15) is 0 Å². The minimum absolute atomic E-state index is 0.166.